The standard InChI is InChI=1S/C57H39NO2/c1-57(2)51-15-6-3-10-45(51)50-34-39(25-33-52(50)57)36-18-26-41(27-19-36)58(42-28-20-37(21-29-42)40-24-32-48-46-11-4-7-16-53(46)59-55(48)35-40)43-30-22-38(23-31-43)44-13-9-14-49-47-12-5-8-17-54(47)60-56(44)49/h3-35H,1-2H3. The first kappa shape index (κ1) is 34.4. The van der Waals surface area contributed by atoms with Gasteiger partial charge in [-0.2, -0.15) is 0 Å². The lowest BCUT2D eigenvalue weighted by Crippen LogP contribution is -2.14. The number of nitrogens with zero attached hydrogens (tertiary/aromatic N) is 1. The fourth-order valence-electron chi connectivity index (χ4n) is 9.62. The van der Waals surface area contributed by atoms with Gasteiger partial charge >= 0.3 is 0 Å². The molecule has 60 heavy (non-hydrogen) atoms. The lowest BCUT2D eigenvalue weighted by atomic mass is 9.82. The number of rotatable bonds is 6. The van der Waals surface area contributed by atoms with Crippen molar-refractivity contribution in [2.24, 2.45) is 0 Å². The van der Waals surface area contributed by atoms with Crippen LogP contribution in [0.3, 0.4) is 0 Å². The van der Waals surface area contributed by atoms with Crippen molar-refractivity contribution in [1.29, 1.82) is 0 Å². The van der Waals surface area contributed by atoms with Gasteiger partial charge < -0.3 is 13.7 Å². The quantitative estimate of drug-likeness (QED) is 0.169. The fraction of sp³-hybridized carbons (Fsp3) is 0.0526. The Hall–Kier alpha value is -7.62. The van der Waals surface area contributed by atoms with E-state index in [1.165, 1.54) is 33.4 Å². The van der Waals surface area contributed by atoms with Crippen LogP contribution < -0.4 is 4.90 Å². The second kappa shape index (κ2) is 13.2. The first-order valence-corrected chi connectivity index (χ1v) is 20.7. The number of fused-ring (bicyclic) bond motifs is 9. The van der Waals surface area contributed by atoms with Crippen LogP contribution in [0.1, 0.15) is 25.0 Å². The summed E-state index contributed by atoms with van der Waals surface area (Å²) in [6.45, 7) is 4.66. The summed E-state index contributed by atoms with van der Waals surface area (Å²) in [4.78, 5) is 2.34. The van der Waals surface area contributed by atoms with Gasteiger partial charge in [0.1, 0.15) is 22.3 Å². The second-order valence-corrected chi connectivity index (χ2v) is 16.5. The Kier molecular flexibility index (Phi) is 7.58. The Morgan fingerprint density at radius 3 is 1.52 bits per heavy atom. The first-order valence-electron chi connectivity index (χ1n) is 20.7. The van der Waals surface area contributed by atoms with E-state index < -0.39 is 0 Å². The normalized spacial score (nSPS) is 13.0. The number of benzene rings is 9. The Morgan fingerprint density at radius 2 is 0.817 bits per heavy atom. The number of anilines is 3. The summed E-state index contributed by atoms with van der Waals surface area (Å²) >= 11 is 0. The first-order chi connectivity index (χ1) is 29.5. The molecule has 2 aromatic heterocycles. The summed E-state index contributed by atoms with van der Waals surface area (Å²) < 4.78 is 12.7. The van der Waals surface area contributed by atoms with Crippen LogP contribution in [-0.4, -0.2) is 0 Å². The number of hydrogen-bond donors (Lipinski definition) is 0. The third kappa shape index (κ3) is 5.36. The summed E-state index contributed by atoms with van der Waals surface area (Å²) in [5.74, 6) is 0. The zero-order valence-corrected chi connectivity index (χ0v) is 33.3. The van der Waals surface area contributed by atoms with Crippen LogP contribution in [-0.2, 0) is 5.41 Å². The van der Waals surface area contributed by atoms with Crippen LogP contribution in [0.5, 0.6) is 0 Å². The minimum atomic E-state index is -0.0152. The average Bonchev–Trinajstić information content (AvgIpc) is 3.94. The lowest BCUT2D eigenvalue weighted by molar-refractivity contribution is 0.660. The Balaban J connectivity index is 0.925. The zero-order chi connectivity index (χ0) is 40.0. The van der Waals surface area contributed by atoms with Crippen LogP contribution in [0.25, 0.3) is 88.4 Å². The van der Waals surface area contributed by atoms with Crippen molar-refractivity contribution in [3.05, 3.63) is 211 Å². The molecule has 0 aliphatic heterocycles. The molecule has 0 saturated carbocycles. The van der Waals surface area contributed by atoms with Gasteiger partial charge in [0.25, 0.3) is 0 Å². The molecule has 0 fully saturated rings. The molecule has 0 saturated heterocycles. The van der Waals surface area contributed by atoms with Crippen LogP contribution in [0, 0.1) is 0 Å². The monoisotopic (exact) mass is 769 g/mol. The Morgan fingerprint density at radius 1 is 0.333 bits per heavy atom. The lowest BCUT2D eigenvalue weighted by Gasteiger charge is -2.26. The molecule has 0 amide bonds. The molecule has 0 bridgehead atoms. The maximum atomic E-state index is 6.42. The van der Waals surface area contributed by atoms with Gasteiger partial charge in [0.15, 0.2) is 0 Å². The van der Waals surface area contributed by atoms with Crippen molar-refractivity contribution in [3.8, 4) is 44.5 Å². The van der Waals surface area contributed by atoms with Gasteiger partial charge in [-0.05, 0) is 117 Å². The number of hydrogen-bond acceptors (Lipinski definition) is 3. The van der Waals surface area contributed by atoms with Crippen LogP contribution in [0.15, 0.2) is 209 Å². The van der Waals surface area contributed by atoms with Crippen molar-refractivity contribution in [2.75, 3.05) is 4.90 Å². The highest BCUT2D eigenvalue weighted by atomic mass is 16.3. The van der Waals surface area contributed by atoms with Crippen LogP contribution >= 0.6 is 0 Å². The molecule has 11 aromatic rings. The van der Waals surface area contributed by atoms with Crippen molar-refractivity contribution < 1.29 is 8.83 Å². The van der Waals surface area contributed by atoms with Crippen molar-refractivity contribution in [2.45, 2.75) is 19.3 Å². The molecule has 3 heteroatoms. The fourth-order valence-corrected chi connectivity index (χ4v) is 9.62. The molecule has 3 nitrogen and oxygen atoms in total. The minimum absolute atomic E-state index is 0.0152. The molecule has 284 valence electrons. The van der Waals surface area contributed by atoms with E-state index in [9.17, 15) is 0 Å². The SMILES string of the molecule is CC1(C)c2ccccc2-c2cc(-c3ccc(N(c4ccc(-c5ccc6c(c5)oc5ccccc56)cc4)c4ccc(-c5cccc6c5oc5ccccc56)cc4)cc3)ccc21. The molecule has 1 aliphatic rings. The smallest absolute Gasteiger partial charge is 0.143 e. The maximum Gasteiger partial charge on any atom is 0.143 e. The molecule has 9 aromatic carbocycles. The second-order valence-electron chi connectivity index (χ2n) is 16.5. The van der Waals surface area contributed by atoms with Crippen molar-refractivity contribution in [1.82, 2.24) is 0 Å². The van der Waals surface area contributed by atoms with Gasteiger partial charge in [0.2, 0.25) is 0 Å². The Bertz CT molecular complexity index is 3440. The van der Waals surface area contributed by atoms with Crippen LogP contribution in [0.2, 0.25) is 0 Å². The third-order valence-corrected chi connectivity index (χ3v) is 12.7. The van der Waals surface area contributed by atoms with E-state index in [1.54, 1.807) is 0 Å². The third-order valence-electron chi connectivity index (χ3n) is 12.7. The minimum Gasteiger partial charge on any atom is -0.456 e. The largest absolute Gasteiger partial charge is 0.456 e. The summed E-state index contributed by atoms with van der Waals surface area (Å²) in [5, 5.41) is 4.54. The maximum absolute atomic E-state index is 6.42. The summed E-state index contributed by atoms with van der Waals surface area (Å²) in [6, 6.07) is 71.9. The van der Waals surface area contributed by atoms with E-state index in [0.29, 0.717) is 0 Å². The van der Waals surface area contributed by atoms with Crippen LogP contribution in [0.4, 0.5) is 17.1 Å². The van der Waals surface area contributed by atoms with E-state index in [4.69, 9.17) is 8.83 Å². The highest BCUT2D eigenvalue weighted by Gasteiger charge is 2.35. The van der Waals surface area contributed by atoms with E-state index in [1.807, 2.05) is 24.3 Å². The number of furan rings is 2. The predicted molar refractivity (Wildman–Crippen MR) is 250 cm³/mol. The molecule has 1 aliphatic carbocycles. The molecule has 0 spiro atoms. The van der Waals surface area contributed by atoms with E-state index in [2.05, 4.69) is 195 Å². The van der Waals surface area contributed by atoms with Crippen molar-refractivity contribution >= 4 is 60.9 Å². The van der Waals surface area contributed by atoms with Gasteiger partial charge in [0, 0.05) is 49.6 Å². The van der Waals surface area contributed by atoms with Gasteiger partial charge in [-0.25, -0.2) is 0 Å². The van der Waals surface area contributed by atoms with Crippen molar-refractivity contribution in [3.63, 3.8) is 0 Å². The number of para-hydroxylation sites is 3. The Labute approximate surface area is 348 Å². The van der Waals surface area contributed by atoms with Gasteiger partial charge in [0.05, 0.1) is 0 Å². The molecular weight excluding hydrogens is 731 g/mol. The van der Waals surface area contributed by atoms with Gasteiger partial charge in [-0.15, -0.1) is 0 Å². The predicted octanol–water partition coefficient (Wildman–Crippen LogP) is 16.3. The highest BCUT2D eigenvalue weighted by Crippen LogP contribution is 2.50. The molecule has 0 radical (unpaired) electrons. The zero-order valence-electron chi connectivity index (χ0n) is 33.3. The van der Waals surface area contributed by atoms with E-state index in [0.717, 1.165) is 83.2 Å². The summed E-state index contributed by atoms with van der Waals surface area (Å²) in [7, 11) is 0. The van der Waals surface area contributed by atoms with E-state index in [-0.39, 0.29) is 5.41 Å². The highest BCUT2D eigenvalue weighted by molar-refractivity contribution is 6.09. The topological polar surface area (TPSA) is 29.5 Å². The summed E-state index contributed by atoms with van der Waals surface area (Å²) in [6.07, 6.45) is 0. The van der Waals surface area contributed by atoms with E-state index >= 15 is 0 Å². The molecule has 12 rings (SSSR count). The molecule has 0 atom stereocenters. The molecule has 0 unspecified atom stereocenters. The molecule has 2 heterocycles. The van der Waals surface area contributed by atoms with Gasteiger partial charge in [-0.1, -0.05) is 147 Å². The molecular formula is C57H39NO2. The van der Waals surface area contributed by atoms with Gasteiger partial charge in [-0.3, -0.25) is 0 Å². The molecule has 0 N–H and O–H groups in total. The average molecular weight is 770 g/mol. The summed E-state index contributed by atoms with van der Waals surface area (Å²) in [5.41, 5.74) is 19.1.